The molecule has 2 amide bonds. The molecule has 11 atom stereocenters. The molecule has 38 heavy (non-hydrogen) atoms. The Balaban J connectivity index is 2.17. The van der Waals surface area contributed by atoms with E-state index < -0.39 is 79.8 Å². The number of unbranched alkanes of at least 4 members (excludes halogenated alkanes) is 2. The number of aliphatic hydroxyl groups excluding tert-OH is 4. The van der Waals surface area contributed by atoms with E-state index >= 15 is 0 Å². The van der Waals surface area contributed by atoms with E-state index in [9.17, 15) is 35.1 Å². The van der Waals surface area contributed by atoms with Gasteiger partial charge in [-0.3, -0.25) is 0 Å². The van der Waals surface area contributed by atoms with Crippen LogP contribution in [0.2, 0.25) is 0 Å². The Morgan fingerprint density at radius 2 is 1.71 bits per heavy atom. The van der Waals surface area contributed by atoms with Crippen LogP contribution in [0.3, 0.4) is 0 Å². The number of nitrogens with one attached hydrogen (secondary N) is 2. The first-order chi connectivity index (χ1) is 18.0. The fraction of sp³-hybridized carbons (Fsp3) is 0.920. The van der Waals surface area contributed by atoms with Crippen molar-refractivity contribution in [2.45, 2.75) is 121 Å². The van der Waals surface area contributed by atoms with Crippen molar-refractivity contribution in [1.29, 1.82) is 0 Å². The van der Waals surface area contributed by atoms with Gasteiger partial charge in [-0.25, -0.2) is 9.59 Å². The molecule has 2 heterocycles. The largest absolute Gasteiger partial charge is 0.479 e. The number of aliphatic hydroxyl groups is 4. The molecular weight excluding hydrogens is 504 g/mol. The highest BCUT2D eigenvalue weighted by Crippen LogP contribution is 2.30. The summed E-state index contributed by atoms with van der Waals surface area (Å²) in [5, 5.41) is 57.2. The molecule has 2 saturated heterocycles. The van der Waals surface area contributed by atoms with E-state index in [0.29, 0.717) is 6.54 Å². The van der Waals surface area contributed by atoms with E-state index in [0.717, 1.165) is 32.1 Å². The summed E-state index contributed by atoms with van der Waals surface area (Å²) >= 11 is 0. The monoisotopic (exact) mass is 550 g/mol. The summed E-state index contributed by atoms with van der Waals surface area (Å²) in [7, 11) is 0. The lowest BCUT2D eigenvalue weighted by molar-refractivity contribution is -0.329. The molecule has 0 spiro atoms. The van der Waals surface area contributed by atoms with Gasteiger partial charge in [-0.05, 0) is 25.7 Å². The standard InChI is InChI=1S/C25H46N2O11/c1-5-7-8-10-26-25(34)27-16-14(4)36-15(11-28)17(29)20(16)37-24-19(31)18(30)21(22(38-24)23(32)33)35-12-13(3)9-6-2/h13-22,24,28-31H,5-12H2,1-4H3,(H,32,33)(H2,26,27,34)/t13?,14?,15?,16?,17-,18?,19?,20?,21+,22?,24-/m1/s1. The molecule has 222 valence electrons. The van der Waals surface area contributed by atoms with E-state index in [1.165, 1.54) is 0 Å². The summed E-state index contributed by atoms with van der Waals surface area (Å²) < 4.78 is 22.7. The van der Waals surface area contributed by atoms with Crippen LogP contribution in [0.4, 0.5) is 4.79 Å². The molecule has 13 nitrogen and oxygen atoms in total. The number of ether oxygens (including phenoxy) is 4. The van der Waals surface area contributed by atoms with Crippen molar-refractivity contribution in [2.24, 2.45) is 5.92 Å². The number of carbonyl (C=O) groups is 2. The lowest BCUT2D eigenvalue weighted by Crippen LogP contribution is -2.68. The predicted octanol–water partition coefficient (Wildman–Crippen LogP) is -0.277. The summed E-state index contributed by atoms with van der Waals surface area (Å²) in [6.45, 7) is 7.63. The van der Waals surface area contributed by atoms with Crippen molar-refractivity contribution in [3.63, 3.8) is 0 Å². The van der Waals surface area contributed by atoms with Crippen LogP contribution in [-0.4, -0.2) is 118 Å². The minimum Gasteiger partial charge on any atom is -0.479 e. The van der Waals surface area contributed by atoms with Gasteiger partial charge in [-0.15, -0.1) is 0 Å². The third-order valence-electron chi connectivity index (χ3n) is 6.94. The molecule has 7 N–H and O–H groups in total. The number of carboxylic acids is 1. The molecule has 0 aromatic heterocycles. The minimum absolute atomic E-state index is 0.0991. The molecule has 2 aliphatic heterocycles. The Morgan fingerprint density at radius 1 is 1.00 bits per heavy atom. The maximum Gasteiger partial charge on any atom is 0.335 e. The van der Waals surface area contributed by atoms with Crippen LogP contribution in [-0.2, 0) is 23.7 Å². The Labute approximate surface area is 223 Å². The highest BCUT2D eigenvalue weighted by Gasteiger charge is 2.52. The van der Waals surface area contributed by atoms with Crippen LogP contribution in [0.1, 0.15) is 59.8 Å². The Kier molecular flexibility index (Phi) is 13.6. The van der Waals surface area contributed by atoms with E-state index in [1.54, 1.807) is 6.92 Å². The van der Waals surface area contributed by atoms with Gasteiger partial charge >= 0.3 is 12.0 Å². The first-order valence-electron chi connectivity index (χ1n) is 13.6. The van der Waals surface area contributed by atoms with Gasteiger partial charge in [0.05, 0.1) is 18.8 Å². The van der Waals surface area contributed by atoms with Crippen molar-refractivity contribution >= 4 is 12.0 Å². The number of urea groups is 1. The average Bonchev–Trinajstić information content (AvgIpc) is 2.87. The van der Waals surface area contributed by atoms with Crippen molar-refractivity contribution in [3.8, 4) is 0 Å². The molecule has 2 fully saturated rings. The highest BCUT2D eigenvalue weighted by atomic mass is 16.7. The number of carboxylic acid groups (broad SMARTS) is 1. The highest BCUT2D eigenvalue weighted by molar-refractivity contribution is 5.74. The third-order valence-corrected chi connectivity index (χ3v) is 6.94. The van der Waals surface area contributed by atoms with Crippen molar-refractivity contribution in [2.75, 3.05) is 19.8 Å². The molecule has 0 aromatic rings. The quantitative estimate of drug-likeness (QED) is 0.141. The molecule has 8 unspecified atom stereocenters. The van der Waals surface area contributed by atoms with E-state index in [4.69, 9.17) is 18.9 Å². The van der Waals surface area contributed by atoms with Gasteiger partial charge < -0.3 is 55.1 Å². The topological polar surface area (TPSA) is 196 Å². The SMILES string of the molecule is CCCCCNC(=O)NC1C(C)OC(CO)[C@@H](O)C1O[C@@H]1OC(C(=O)O)[C@@H](OCC(C)CCC)C(O)C1O. The number of hydrogen-bond acceptors (Lipinski definition) is 10. The van der Waals surface area contributed by atoms with Crippen LogP contribution in [0, 0.1) is 5.92 Å². The summed E-state index contributed by atoms with van der Waals surface area (Å²) in [6.07, 6.45) is -8.19. The van der Waals surface area contributed by atoms with Crippen molar-refractivity contribution < 1.29 is 54.1 Å². The Morgan fingerprint density at radius 3 is 2.32 bits per heavy atom. The summed E-state index contributed by atoms with van der Waals surface area (Å²) in [6, 6.07) is -1.49. The van der Waals surface area contributed by atoms with E-state index in [1.807, 2.05) is 20.8 Å². The van der Waals surface area contributed by atoms with Crippen molar-refractivity contribution in [3.05, 3.63) is 0 Å². The van der Waals surface area contributed by atoms with Gasteiger partial charge in [-0.2, -0.15) is 0 Å². The molecule has 2 aliphatic rings. The lowest BCUT2D eigenvalue weighted by Gasteiger charge is -2.47. The second-order valence-electron chi connectivity index (χ2n) is 10.2. The van der Waals surface area contributed by atoms with Crippen LogP contribution in [0.5, 0.6) is 0 Å². The maximum atomic E-state index is 12.5. The average molecular weight is 551 g/mol. The van der Waals surface area contributed by atoms with Gasteiger partial charge in [0.25, 0.3) is 0 Å². The predicted molar refractivity (Wildman–Crippen MR) is 134 cm³/mol. The van der Waals surface area contributed by atoms with Gasteiger partial charge in [0, 0.05) is 13.2 Å². The second kappa shape index (κ2) is 15.9. The first kappa shape index (κ1) is 32.6. The molecule has 2 rings (SSSR count). The third kappa shape index (κ3) is 8.71. The zero-order chi connectivity index (χ0) is 28.4. The second-order valence-corrected chi connectivity index (χ2v) is 10.2. The number of carbonyl (C=O) groups excluding carboxylic acids is 1. The minimum atomic E-state index is -1.72. The van der Waals surface area contributed by atoms with Crippen LogP contribution in [0.15, 0.2) is 0 Å². The van der Waals surface area contributed by atoms with Gasteiger partial charge in [0.15, 0.2) is 12.4 Å². The molecule has 0 aliphatic carbocycles. The molecule has 0 saturated carbocycles. The molecule has 0 bridgehead atoms. The number of amides is 2. The zero-order valence-corrected chi connectivity index (χ0v) is 22.7. The summed E-state index contributed by atoms with van der Waals surface area (Å²) in [5.74, 6) is -1.32. The smallest absolute Gasteiger partial charge is 0.335 e. The van der Waals surface area contributed by atoms with Gasteiger partial charge in [0.1, 0.15) is 36.6 Å². The molecule has 0 aromatic carbocycles. The summed E-state index contributed by atoms with van der Waals surface area (Å²) in [5.41, 5.74) is 0. The number of aliphatic carboxylic acids is 1. The Hall–Kier alpha value is -1.58. The number of rotatable bonds is 14. The van der Waals surface area contributed by atoms with E-state index in [-0.39, 0.29) is 12.5 Å². The van der Waals surface area contributed by atoms with E-state index in [2.05, 4.69) is 10.6 Å². The van der Waals surface area contributed by atoms with Crippen LogP contribution >= 0.6 is 0 Å². The zero-order valence-electron chi connectivity index (χ0n) is 22.7. The van der Waals surface area contributed by atoms with Crippen LogP contribution in [0.25, 0.3) is 0 Å². The molecular formula is C25H46N2O11. The maximum absolute atomic E-state index is 12.5. The lowest BCUT2D eigenvalue weighted by atomic mass is 9.92. The fourth-order valence-electron chi connectivity index (χ4n) is 4.77. The first-order valence-corrected chi connectivity index (χ1v) is 13.6. The number of hydrogen-bond donors (Lipinski definition) is 7. The van der Waals surface area contributed by atoms with Gasteiger partial charge in [-0.1, -0.05) is 40.0 Å². The molecule has 0 radical (unpaired) electrons. The fourth-order valence-corrected chi connectivity index (χ4v) is 4.77. The summed E-state index contributed by atoms with van der Waals surface area (Å²) in [4.78, 5) is 24.5. The Bertz CT molecular complexity index is 729. The molecule has 13 heteroatoms. The van der Waals surface area contributed by atoms with Crippen molar-refractivity contribution in [1.82, 2.24) is 10.6 Å². The van der Waals surface area contributed by atoms with Gasteiger partial charge in [0.2, 0.25) is 0 Å². The van der Waals surface area contributed by atoms with Crippen LogP contribution < -0.4 is 10.6 Å². The normalized spacial score (nSPS) is 36.4.